The van der Waals surface area contributed by atoms with Crippen LogP contribution < -0.4 is 14.8 Å². The van der Waals surface area contributed by atoms with Crippen molar-refractivity contribution in [3.8, 4) is 22.8 Å². The molecule has 1 aliphatic heterocycles. The first kappa shape index (κ1) is 15.3. The number of hydrogen-bond acceptors (Lipinski definition) is 5. The van der Waals surface area contributed by atoms with Gasteiger partial charge in [-0.1, -0.05) is 35.0 Å². The summed E-state index contributed by atoms with van der Waals surface area (Å²) in [5, 5.41) is 6.61. The lowest BCUT2D eigenvalue weighted by molar-refractivity contribution is 0.102. The highest BCUT2D eigenvalue weighted by molar-refractivity contribution is 6.07. The average Bonchev–Trinajstić information content (AvgIpc) is 3.12. The van der Waals surface area contributed by atoms with Gasteiger partial charge in [-0.3, -0.25) is 4.79 Å². The number of benzene rings is 2. The molecular formula is C19H16N2O4. The van der Waals surface area contributed by atoms with Crippen LogP contribution in [0.15, 0.2) is 53.2 Å². The number of nitrogens with one attached hydrogen (secondary N) is 1. The van der Waals surface area contributed by atoms with Gasteiger partial charge in [0.1, 0.15) is 18.8 Å². The molecule has 2 aromatic carbocycles. The molecule has 0 saturated heterocycles. The fraction of sp³-hybridized carbons (Fsp3) is 0.158. The number of carbonyl (C=O) groups is 1. The van der Waals surface area contributed by atoms with Gasteiger partial charge in [-0.2, -0.15) is 0 Å². The monoisotopic (exact) mass is 336 g/mol. The van der Waals surface area contributed by atoms with Crippen LogP contribution in [0.2, 0.25) is 0 Å². The van der Waals surface area contributed by atoms with Crippen molar-refractivity contribution in [3.05, 3.63) is 59.8 Å². The lowest BCUT2D eigenvalue weighted by atomic mass is 10.1. The standard InChI is InChI=1S/C19H16N2O4/c1-12-2-4-13(5-3-12)18-15(11-20-25-18)19(22)21-14-6-7-16-17(10-14)24-9-8-23-16/h2-7,10-11H,8-9H2,1H3,(H,21,22). The molecule has 0 saturated carbocycles. The van der Waals surface area contributed by atoms with Crippen molar-refractivity contribution in [2.24, 2.45) is 0 Å². The number of fused-ring (bicyclic) bond motifs is 1. The topological polar surface area (TPSA) is 73.6 Å². The van der Waals surface area contributed by atoms with Crippen LogP contribution in [0.25, 0.3) is 11.3 Å². The third-order valence-electron chi connectivity index (χ3n) is 3.93. The van der Waals surface area contributed by atoms with Crippen molar-refractivity contribution < 1.29 is 18.8 Å². The Morgan fingerprint density at radius 3 is 2.60 bits per heavy atom. The summed E-state index contributed by atoms with van der Waals surface area (Å²) in [6, 6.07) is 13.0. The van der Waals surface area contributed by atoms with E-state index in [0.29, 0.717) is 41.7 Å². The predicted molar refractivity (Wildman–Crippen MR) is 92.1 cm³/mol. The Kier molecular flexibility index (Phi) is 3.85. The van der Waals surface area contributed by atoms with Crippen LogP contribution in [0.5, 0.6) is 11.5 Å². The molecule has 1 aliphatic rings. The van der Waals surface area contributed by atoms with Gasteiger partial charge in [0.05, 0.1) is 6.20 Å². The lowest BCUT2D eigenvalue weighted by Crippen LogP contribution is -2.16. The van der Waals surface area contributed by atoms with Gasteiger partial charge in [-0.15, -0.1) is 0 Å². The van der Waals surface area contributed by atoms with E-state index in [0.717, 1.165) is 11.1 Å². The number of hydrogen-bond donors (Lipinski definition) is 1. The summed E-state index contributed by atoms with van der Waals surface area (Å²) in [5.74, 6) is 1.44. The van der Waals surface area contributed by atoms with E-state index in [1.54, 1.807) is 18.2 Å². The van der Waals surface area contributed by atoms with Crippen molar-refractivity contribution >= 4 is 11.6 Å². The highest BCUT2D eigenvalue weighted by Crippen LogP contribution is 2.33. The molecule has 1 N–H and O–H groups in total. The predicted octanol–water partition coefficient (Wildman–Crippen LogP) is 3.67. The molecule has 126 valence electrons. The summed E-state index contributed by atoms with van der Waals surface area (Å²) >= 11 is 0. The normalized spacial score (nSPS) is 12.7. The van der Waals surface area contributed by atoms with Gasteiger partial charge in [-0.05, 0) is 19.1 Å². The zero-order valence-corrected chi connectivity index (χ0v) is 13.6. The second kappa shape index (κ2) is 6.32. The summed E-state index contributed by atoms with van der Waals surface area (Å²) in [5.41, 5.74) is 2.92. The molecule has 25 heavy (non-hydrogen) atoms. The minimum Gasteiger partial charge on any atom is -0.486 e. The minimum atomic E-state index is -0.298. The van der Waals surface area contributed by atoms with Crippen molar-refractivity contribution in [1.82, 2.24) is 5.16 Å². The molecule has 6 nitrogen and oxygen atoms in total. The number of nitrogens with zero attached hydrogens (tertiary/aromatic N) is 1. The highest BCUT2D eigenvalue weighted by Gasteiger charge is 2.19. The van der Waals surface area contributed by atoms with Crippen molar-refractivity contribution in [2.75, 3.05) is 18.5 Å². The Balaban J connectivity index is 1.58. The van der Waals surface area contributed by atoms with E-state index in [1.807, 2.05) is 31.2 Å². The SMILES string of the molecule is Cc1ccc(-c2oncc2C(=O)Nc2ccc3c(c2)OCCO3)cc1. The maximum Gasteiger partial charge on any atom is 0.261 e. The fourth-order valence-corrected chi connectivity index (χ4v) is 2.63. The quantitative estimate of drug-likeness (QED) is 0.790. The molecule has 0 atom stereocenters. The number of aryl methyl sites for hydroxylation is 1. The molecule has 4 rings (SSSR count). The number of amides is 1. The Labute approximate surface area is 144 Å². The molecular weight excluding hydrogens is 320 g/mol. The summed E-state index contributed by atoms with van der Waals surface area (Å²) in [4.78, 5) is 12.6. The van der Waals surface area contributed by atoms with Crippen LogP contribution in [0.3, 0.4) is 0 Å². The Morgan fingerprint density at radius 1 is 1.04 bits per heavy atom. The molecule has 0 unspecified atom stereocenters. The number of carbonyl (C=O) groups excluding carboxylic acids is 1. The van der Waals surface area contributed by atoms with E-state index in [9.17, 15) is 4.79 Å². The van der Waals surface area contributed by atoms with E-state index in [1.165, 1.54) is 6.20 Å². The Bertz CT molecular complexity index is 915. The van der Waals surface area contributed by atoms with E-state index in [-0.39, 0.29) is 5.91 Å². The third kappa shape index (κ3) is 3.06. The largest absolute Gasteiger partial charge is 0.486 e. The van der Waals surface area contributed by atoms with Gasteiger partial charge in [0.15, 0.2) is 17.3 Å². The molecule has 0 spiro atoms. The zero-order chi connectivity index (χ0) is 17.2. The van der Waals surface area contributed by atoms with Crippen LogP contribution in [0.4, 0.5) is 5.69 Å². The number of rotatable bonds is 3. The van der Waals surface area contributed by atoms with Crippen molar-refractivity contribution in [1.29, 1.82) is 0 Å². The molecule has 2 heterocycles. The van der Waals surface area contributed by atoms with Crippen LogP contribution in [0.1, 0.15) is 15.9 Å². The minimum absolute atomic E-state index is 0.298. The molecule has 3 aromatic rings. The second-order valence-electron chi connectivity index (χ2n) is 5.75. The first-order valence-corrected chi connectivity index (χ1v) is 7.93. The first-order chi connectivity index (χ1) is 12.2. The lowest BCUT2D eigenvalue weighted by Gasteiger charge is -2.18. The van der Waals surface area contributed by atoms with E-state index >= 15 is 0 Å². The zero-order valence-electron chi connectivity index (χ0n) is 13.6. The Hall–Kier alpha value is -3.28. The third-order valence-corrected chi connectivity index (χ3v) is 3.93. The molecule has 0 radical (unpaired) electrons. The van der Waals surface area contributed by atoms with Gasteiger partial charge < -0.3 is 19.3 Å². The average molecular weight is 336 g/mol. The smallest absolute Gasteiger partial charge is 0.261 e. The number of anilines is 1. The Morgan fingerprint density at radius 2 is 1.80 bits per heavy atom. The van der Waals surface area contributed by atoms with Gasteiger partial charge >= 0.3 is 0 Å². The molecule has 0 aliphatic carbocycles. The van der Waals surface area contributed by atoms with Gasteiger partial charge in [0.2, 0.25) is 0 Å². The molecule has 6 heteroatoms. The summed E-state index contributed by atoms with van der Waals surface area (Å²) in [7, 11) is 0. The molecule has 0 bridgehead atoms. The van der Waals surface area contributed by atoms with Crippen molar-refractivity contribution in [2.45, 2.75) is 6.92 Å². The van der Waals surface area contributed by atoms with Crippen LogP contribution in [-0.4, -0.2) is 24.3 Å². The second-order valence-corrected chi connectivity index (χ2v) is 5.75. The maximum absolute atomic E-state index is 12.6. The van der Waals surface area contributed by atoms with E-state index in [2.05, 4.69) is 10.5 Å². The molecule has 1 amide bonds. The van der Waals surface area contributed by atoms with Gasteiger partial charge in [0.25, 0.3) is 5.91 Å². The summed E-state index contributed by atoms with van der Waals surface area (Å²) in [6.45, 7) is 3.02. The molecule has 1 aromatic heterocycles. The van der Waals surface area contributed by atoms with E-state index in [4.69, 9.17) is 14.0 Å². The van der Waals surface area contributed by atoms with Gasteiger partial charge in [-0.25, -0.2) is 0 Å². The van der Waals surface area contributed by atoms with Gasteiger partial charge in [0, 0.05) is 17.3 Å². The molecule has 0 fully saturated rings. The van der Waals surface area contributed by atoms with Crippen LogP contribution in [0, 0.1) is 6.92 Å². The summed E-state index contributed by atoms with van der Waals surface area (Å²) < 4.78 is 16.3. The van der Waals surface area contributed by atoms with Crippen molar-refractivity contribution in [3.63, 3.8) is 0 Å². The fourth-order valence-electron chi connectivity index (χ4n) is 2.63. The first-order valence-electron chi connectivity index (χ1n) is 7.93. The van der Waals surface area contributed by atoms with Crippen LogP contribution >= 0.6 is 0 Å². The van der Waals surface area contributed by atoms with E-state index < -0.39 is 0 Å². The number of aromatic nitrogens is 1. The van der Waals surface area contributed by atoms with Crippen LogP contribution in [-0.2, 0) is 0 Å². The number of ether oxygens (including phenoxy) is 2. The highest BCUT2D eigenvalue weighted by atomic mass is 16.6. The maximum atomic E-state index is 12.6. The summed E-state index contributed by atoms with van der Waals surface area (Å²) in [6.07, 6.45) is 1.42.